The molecule has 0 radical (unpaired) electrons. The van der Waals surface area contributed by atoms with Crippen molar-refractivity contribution in [1.29, 1.82) is 0 Å². The van der Waals surface area contributed by atoms with E-state index in [1.165, 1.54) is 18.3 Å². The molecule has 1 aliphatic rings. The van der Waals surface area contributed by atoms with Crippen molar-refractivity contribution in [3.05, 3.63) is 48.0 Å². The summed E-state index contributed by atoms with van der Waals surface area (Å²) in [6.45, 7) is 5.85. The smallest absolute Gasteiger partial charge is 0.246 e. The molecule has 3 rings (SSSR count). The summed E-state index contributed by atoms with van der Waals surface area (Å²) in [5.41, 5.74) is 2.02. The first kappa shape index (κ1) is 24.7. The number of methoxy groups -OCH3 is 1. The lowest BCUT2D eigenvalue weighted by molar-refractivity contribution is -0.121. The van der Waals surface area contributed by atoms with Gasteiger partial charge in [-0.3, -0.25) is 9.59 Å². The normalized spacial score (nSPS) is 16.9. The molecule has 1 aliphatic heterocycles. The largest absolute Gasteiger partial charge is 0.495 e. The molecular formula is C24H31N3O5S. The Hall–Kier alpha value is -2.91. The van der Waals surface area contributed by atoms with Crippen LogP contribution >= 0.6 is 0 Å². The van der Waals surface area contributed by atoms with Crippen LogP contribution in [0, 0.1) is 5.92 Å². The molecule has 1 heterocycles. The van der Waals surface area contributed by atoms with E-state index in [9.17, 15) is 18.0 Å². The molecule has 0 saturated carbocycles. The molecule has 0 bridgehead atoms. The highest BCUT2D eigenvalue weighted by molar-refractivity contribution is 7.89. The van der Waals surface area contributed by atoms with E-state index in [-0.39, 0.29) is 29.2 Å². The Morgan fingerprint density at radius 2 is 1.79 bits per heavy atom. The fourth-order valence-corrected chi connectivity index (χ4v) is 5.60. The Balaban J connectivity index is 1.78. The molecule has 9 heteroatoms. The first-order valence-electron chi connectivity index (χ1n) is 11.0. The van der Waals surface area contributed by atoms with Gasteiger partial charge in [0.1, 0.15) is 10.6 Å². The van der Waals surface area contributed by atoms with Crippen LogP contribution in [0.2, 0.25) is 0 Å². The van der Waals surface area contributed by atoms with E-state index >= 15 is 0 Å². The summed E-state index contributed by atoms with van der Waals surface area (Å²) >= 11 is 0. The van der Waals surface area contributed by atoms with Crippen LogP contribution in [0.25, 0.3) is 0 Å². The topological polar surface area (TPSA) is 105 Å². The van der Waals surface area contributed by atoms with E-state index in [0.29, 0.717) is 36.5 Å². The SMILES string of the molecule is COc1ccc(C(C)C)cc1S(=O)(=O)N1CCC[C@@H](C(=O)Nc2cccc(NC(C)=O)c2)C1. The minimum atomic E-state index is -3.84. The van der Waals surface area contributed by atoms with Gasteiger partial charge >= 0.3 is 0 Å². The van der Waals surface area contributed by atoms with Crippen molar-refractivity contribution < 1.29 is 22.7 Å². The quantitative estimate of drug-likeness (QED) is 0.636. The molecule has 8 nitrogen and oxygen atoms in total. The summed E-state index contributed by atoms with van der Waals surface area (Å²) in [5, 5.41) is 5.52. The number of benzene rings is 2. The maximum Gasteiger partial charge on any atom is 0.246 e. The fraction of sp³-hybridized carbons (Fsp3) is 0.417. The Morgan fingerprint density at radius 3 is 2.42 bits per heavy atom. The van der Waals surface area contributed by atoms with Gasteiger partial charge in [-0.2, -0.15) is 4.31 Å². The molecule has 1 fully saturated rings. The van der Waals surface area contributed by atoms with Crippen molar-refractivity contribution in [2.45, 2.75) is 44.4 Å². The summed E-state index contributed by atoms with van der Waals surface area (Å²) < 4.78 is 33.7. The third-order valence-electron chi connectivity index (χ3n) is 5.68. The van der Waals surface area contributed by atoms with Crippen LogP contribution in [-0.2, 0) is 19.6 Å². The van der Waals surface area contributed by atoms with Crippen molar-refractivity contribution in [3.63, 3.8) is 0 Å². The van der Waals surface area contributed by atoms with E-state index in [0.717, 1.165) is 5.56 Å². The van der Waals surface area contributed by atoms with Crippen LogP contribution < -0.4 is 15.4 Å². The molecule has 0 aliphatic carbocycles. The minimum Gasteiger partial charge on any atom is -0.495 e. The third-order valence-corrected chi connectivity index (χ3v) is 7.56. The highest BCUT2D eigenvalue weighted by Gasteiger charge is 2.35. The molecule has 178 valence electrons. The summed E-state index contributed by atoms with van der Waals surface area (Å²) in [7, 11) is -2.39. The number of rotatable bonds is 7. The van der Waals surface area contributed by atoms with Crippen molar-refractivity contribution in [2.75, 3.05) is 30.8 Å². The molecular weight excluding hydrogens is 442 g/mol. The number of hydrogen-bond donors (Lipinski definition) is 2. The van der Waals surface area contributed by atoms with Gasteiger partial charge in [-0.15, -0.1) is 0 Å². The Morgan fingerprint density at radius 1 is 1.09 bits per heavy atom. The average Bonchev–Trinajstić information content (AvgIpc) is 2.78. The number of nitrogens with zero attached hydrogens (tertiary/aromatic N) is 1. The fourth-order valence-electron chi connectivity index (χ4n) is 3.89. The number of ether oxygens (including phenoxy) is 1. The van der Waals surface area contributed by atoms with Gasteiger partial charge in [0, 0.05) is 31.4 Å². The standard InChI is InChI=1S/C24H31N3O5S/c1-16(2)18-10-11-22(32-4)23(13-18)33(30,31)27-12-6-7-19(15-27)24(29)26-21-9-5-8-20(14-21)25-17(3)28/h5,8-11,13-14,16,19H,6-7,12,15H2,1-4H3,(H,25,28)(H,26,29)/t19-/m1/s1. The maximum atomic E-state index is 13.5. The van der Waals surface area contributed by atoms with E-state index < -0.39 is 15.9 Å². The molecule has 33 heavy (non-hydrogen) atoms. The minimum absolute atomic E-state index is 0.0919. The molecule has 1 saturated heterocycles. The Labute approximate surface area is 195 Å². The van der Waals surface area contributed by atoms with Gasteiger partial charge in [-0.05, 0) is 54.7 Å². The first-order chi connectivity index (χ1) is 15.6. The predicted molar refractivity (Wildman–Crippen MR) is 128 cm³/mol. The number of piperidine rings is 1. The van der Waals surface area contributed by atoms with Gasteiger partial charge in [0.25, 0.3) is 0 Å². The average molecular weight is 474 g/mol. The lowest BCUT2D eigenvalue weighted by Crippen LogP contribution is -2.43. The highest BCUT2D eigenvalue weighted by Crippen LogP contribution is 2.32. The molecule has 0 unspecified atom stereocenters. The Kier molecular flexibility index (Phi) is 7.76. The lowest BCUT2D eigenvalue weighted by Gasteiger charge is -2.31. The summed E-state index contributed by atoms with van der Waals surface area (Å²) in [5.74, 6) is -0.489. The van der Waals surface area contributed by atoms with E-state index in [1.807, 2.05) is 19.9 Å². The van der Waals surface area contributed by atoms with Crippen LogP contribution in [0.4, 0.5) is 11.4 Å². The second-order valence-electron chi connectivity index (χ2n) is 8.52. The van der Waals surface area contributed by atoms with E-state index in [4.69, 9.17) is 4.74 Å². The van der Waals surface area contributed by atoms with Gasteiger partial charge in [0.05, 0.1) is 13.0 Å². The van der Waals surface area contributed by atoms with Crippen LogP contribution in [0.5, 0.6) is 5.75 Å². The van der Waals surface area contributed by atoms with Crippen LogP contribution in [0.15, 0.2) is 47.4 Å². The van der Waals surface area contributed by atoms with Gasteiger partial charge in [-0.25, -0.2) is 8.42 Å². The summed E-state index contributed by atoms with van der Waals surface area (Å²) in [4.78, 5) is 24.3. The van der Waals surface area contributed by atoms with Crippen LogP contribution in [0.3, 0.4) is 0 Å². The second kappa shape index (κ2) is 10.4. The van der Waals surface area contributed by atoms with Crippen LogP contribution in [-0.4, -0.2) is 44.7 Å². The third kappa shape index (κ3) is 5.91. The second-order valence-corrected chi connectivity index (χ2v) is 10.4. The van der Waals surface area contributed by atoms with Crippen molar-refractivity contribution in [2.24, 2.45) is 5.92 Å². The van der Waals surface area contributed by atoms with Gasteiger partial charge in [0.15, 0.2) is 0 Å². The monoisotopic (exact) mass is 473 g/mol. The summed E-state index contributed by atoms with van der Waals surface area (Å²) in [6.07, 6.45) is 1.17. The molecule has 1 atom stereocenters. The predicted octanol–water partition coefficient (Wildman–Crippen LogP) is 3.82. The van der Waals surface area contributed by atoms with E-state index in [1.54, 1.807) is 36.4 Å². The molecule has 2 amide bonds. The number of amides is 2. The Bertz CT molecular complexity index is 1130. The number of hydrogen-bond acceptors (Lipinski definition) is 5. The highest BCUT2D eigenvalue weighted by atomic mass is 32.2. The molecule has 2 aromatic carbocycles. The van der Waals surface area contributed by atoms with Crippen molar-refractivity contribution >= 4 is 33.2 Å². The number of nitrogens with one attached hydrogen (secondary N) is 2. The number of carbonyl (C=O) groups is 2. The zero-order valence-corrected chi connectivity index (χ0v) is 20.2. The van der Waals surface area contributed by atoms with Crippen molar-refractivity contribution in [3.8, 4) is 5.75 Å². The van der Waals surface area contributed by atoms with Gasteiger partial charge in [-0.1, -0.05) is 26.0 Å². The van der Waals surface area contributed by atoms with Crippen molar-refractivity contribution in [1.82, 2.24) is 4.31 Å². The molecule has 2 N–H and O–H groups in total. The molecule has 0 spiro atoms. The van der Waals surface area contributed by atoms with Crippen LogP contribution in [0.1, 0.15) is 45.1 Å². The molecule has 2 aromatic rings. The number of carbonyl (C=O) groups excluding carboxylic acids is 2. The van der Waals surface area contributed by atoms with Gasteiger partial charge in [0.2, 0.25) is 21.8 Å². The lowest BCUT2D eigenvalue weighted by atomic mass is 9.98. The maximum absolute atomic E-state index is 13.5. The zero-order valence-electron chi connectivity index (χ0n) is 19.4. The summed E-state index contributed by atoms with van der Waals surface area (Å²) in [6, 6.07) is 12.1. The first-order valence-corrected chi connectivity index (χ1v) is 12.4. The number of anilines is 2. The van der Waals surface area contributed by atoms with Gasteiger partial charge < -0.3 is 15.4 Å². The number of sulfonamides is 1. The molecule has 0 aromatic heterocycles. The zero-order chi connectivity index (χ0) is 24.2. The van der Waals surface area contributed by atoms with E-state index in [2.05, 4.69) is 10.6 Å².